The summed E-state index contributed by atoms with van der Waals surface area (Å²) in [6, 6.07) is 0. The normalized spacial score (nSPS) is 27.4. The van der Waals surface area contributed by atoms with Gasteiger partial charge in [0.15, 0.2) is 0 Å². The highest BCUT2D eigenvalue weighted by atomic mass is 16.6. The molecule has 3 heteroatoms. The highest BCUT2D eigenvalue weighted by Crippen LogP contribution is 2.37. The minimum Gasteiger partial charge on any atom is -0.458 e. The lowest BCUT2D eigenvalue weighted by Gasteiger charge is -2.38. The van der Waals surface area contributed by atoms with Gasteiger partial charge in [0.05, 0.1) is 0 Å². The van der Waals surface area contributed by atoms with Gasteiger partial charge < -0.3 is 4.74 Å². The molecule has 1 saturated carbocycles. The van der Waals surface area contributed by atoms with Crippen molar-refractivity contribution in [3.05, 3.63) is 0 Å². The molecule has 0 aromatic rings. The molecule has 0 bridgehead atoms. The molecule has 2 aliphatic rings. The van der Waals surface area contributed by atoms with Gasteiger partial charge in [0, 0.05) is 6.42 Å². The first-order chi connectivity index (χ1) is 6.20. The average Bonchev–Trinajstić information content (AvgIpc) is 2.02. The second-order valence-electron chi connectivity index (χ2n) is 4.11. The summed E-state index contributed by atoms with van der Waals surface area (Å²) in [6.45, 7) is 0. The Hall–Kier alpha value is -0.860. The maximum absolute atomic E-state index is 11.2. The molecule has 0 radical (unpaired) electrons. The van der Waals surface area contributed by atoms with Gasteiger partial charge in [-0.05, 0) is 25.7 Å². The third kappa shape index (κ3) is 1.74. The quantitative estimate of drug-likeness (QED) is 0.422. The number of ketones is 1. The molecular weight excluding hydrogens is 168 g/mol. The van der Waals surface area contributed by atoms with E-state index in [1.54, 1.807) is 0 Å². The van der Waals surface area contributed by atoms with E-state index in [2.05, 4.69) is 0 Å². The number of rotatable bonds is 0. The van der Waals surface area contributed by atoms with Gasteiger partial charge in [-0.15, -0.1) is 0 Å². The number of carbonyl (C=O) groups is 2. The molecule has 13 heavy (non-hydrogen) atoms. The fourth-order valence-electron chi connectivity index (χ4n) is 2.37. The lowest BCUT2D eigenvalue weighted by Crippen LogP contribution is -2.43. The number of Topliss-reactive ketones (excluding diaryl/α,β-unsaturated/α-hetero) is 1. The number of hydrogen-bond donors (Lipinski definition) is 0. The minimum absolute atomic E-state index is 0.0122. The van der Waals surface area contributed by atoms with Crippen LogP contribution in [0.25, 0.3) is 0 Å². The third-order valence-corrected chi connectivity index (χ3v) is 2.96. The van der Waals surface area contributed by atoms with Crippen molar-refractivity contribution in [2.75, 3.05) is 0 Å². The molecule has 2 rings (SSSR count). The fraction of sp³-hybridized carbons (Fsp3) is 0.800. The first kappa shape index (κ1) is 8.73. The monoisotopic (exact) mass is 182 g/mol. The van der Waals surface area contributed by atoms with Crippen molar-refractivity contribution in [3.63, 3.8) is 0 Å². The van der Waals surface area contributed by atoms with Crippen molar-refractivity contribution in [3.8, 4) is 0 Å². The molecule has 0 N–H and O–H groups in total. The van der Waals surface area contributed by atoms with Crippen LogP contribution in [0.1, 0.15) is 44.9 Å². The zero-order chi connectivity index (χ0) is 9.31. The van der Waals surface area contributed by atoms with Crippen LogP contribution in [-0.4, -0.2) is 17.4 Å². The SMILES string of the molecule is O=C1CC(=O)OC2(CCCCC2)C1. The summed E-state index contributed by atoms with van der Waals surface area (Å²) in [4.78, 5) is 22.3. The van der Waals surface area contributed by atoms with E-state index < -0.39 is 5.60 Å². The van der Waals surface area contributed by atoms with Gasteiger partial charge in [-0.1, -0.05) is 6.42 Å². The van der Waals surface area contributed by atoms with Crippen molar-refractivity contribution in [2.45, 2.75) is 50.5 Å². The molecule has 0 atom stereocenters. The molecular formula is C10H14O3. The van der Waals surface area contributed by atoms with Gasteiger partial charge in [0.25, 0.3) is 0 Å². The van der Waals surface area contributed by atoms with E-state index in [-0.39, 0.29) is 18.2 Å². The van der Waals surface area contributed by atoms with Crippen molar-refractivity contribution in [1.82, 2.24) is 0 Å². The van der Waals surface area contributed by atoms with E-state index in [1.807, 2.05) is 0 Å². The zero-order valence-electron chi connectivity index (χ0n) is 7.67. The lowest BCUT2D eigenvalue weighted by molar-refractivity contribution is -0.173. The first-order valence-electron chi connectivity index (χ1n) is 4.94. The smallest absolute Gasteiger partial charge is 0.313 e. The molecule has 72 valence electrons. The number of hydrogen-bond acceptors (Lipinski definition) is 3. The molecule has 2 fully saturated rings. The Bertz CT molecular complexity index is 221. The highest BCUT2D eigenvalue weighted by Gasteiger charge is 2.41. The number of carbonyl (C=O) groups excluding carboxylic acids is 2. The molecule has 0 aromatic carbocycles. The van der Waals surface area contributed by atoms with Crippen LogP contribution in [0.4, 0.5) is 0 Å². The Morgan fingerprint density at radius 3 is 2.38 bits per heavy atom. The molecule has 1 heterocycles. The zero-order valence-corrected chi connectivity index (χ0v) is 7.67. The highest BCUT2D eigenvalue weighted by molar-refractivity contribution is 5.98. The summed E-state index contributed by atoms with van der Waals surface area (Å²) >= 11 is 0. The molecule has 0 aromatic heterocycles. The Kier molecular flexibility index (Phi) is 2.10. The predicted molar refractivity (Wildman–Crippen MR) is 46.1 cm³/mol. The second kappa shape index (κ2) is 3.13. The van der Waals surface area contributed by atoms with Crippen LogP contribution in [0, 0.1) is 0 Å². The van der Waals surface area contributed by atoms with Gasteiger partial charge in [-0.25, -0.2) is 0 Å². The lowest BCUT2D eigenvalue weighted by atomic mass is 9.79. The Morgan fingerprint density at radius 2 is 1.77 bits per heavy atom. The minimum atomic E-state index is -0.398. The van der Waals surface area contributed by atoms with Gasteiger partial charge in [0.2, 0.25) is 0 Å². The van der Waals surface area contributed by atoms with E-state index >= 15 is 0 Å². The first-order valence-corrected chi connectivity index (χ1v) is 4.94. The van der Waals surface area contributed by atoms with E-state index in [4.69, 9.17) is 4.74 Å². The van der Waals surface area contributed by atoms with Crippen LogP contribution in [0.3, 0.4) is 0 Å². The second-order valence-corrected chi connectivity index (χ2v) is 4.11. The summed E-state index contributed by atoms with van der Waals surface area (Å²) in [7, 11) is 0. The van der Waals surface area contributed by atoms with Crippen LogP contribution in [0.15, 0.2) is 0 Å². The summed E-state index contributed by atoms with van der Waals surface area (Å²) in [5.41, 5.74) is -0.398. The van der Waals surface area contributed by atoms with Crippen LogP contribution in [-0.2, 0) is 14.3 Å². The van der Waals surface area contributed by atoms with E-state index in [1.165, 1.54) is 6.42 Å². The predicted octanol–water partition coefficient (Wildman–Crippen LogP) is 1.60. The maximum atomic E-state index is 11.2. The Morgan fingerprint density at radius 1 is 1.08 bits per heavy atom. The van der Waals surface area contributed by atoms with Crippen LogP contribution >= 0.6 is 0 Å². The largest absolute Gasteiger partial charge is 0.458 e. The van der Waals surface area contributed by atoms with Gasteiger partial charge in [-0.2, -0.15) is 0 Å². The van der Waals surface area contributed by atoms with Crippen molar-refractivity contribution in [2.24, 2.45) is 0 Å². The molecule has 3 nitrogen and oxygen atoms in total. The van der Waals surface area contributed by atoms with Gasteiger partial charge >= 0.3 is 5.97 Å². The van der Waals surface area contributed by atoms with Crippen molar-refractivity contribution in [1.29, 1.82) is 0 Å². The Labute approximate surface area is 77.4 Å². The van der Waals surface area contributed by atoms with E-state index in [0.717, 1.165) is 25.7 Å². The molecule has 0 amide bonds. The third-order valence-electron chi connectivity index (χ3n) is 2.96. The van der Waals surface area contributed by atoms with Crippen LogP contribution < -0.4 is 0 Å². The maximum Gasteiger partial charge on any atom is 0.313 e. The fourth-order valence-corrected chi connectivity index (χ4v) is 2.37. The van der Waals surface area contributed by atoms with Gasteiger partial charge in [-0.3, -0.25) is 9.59 Å². The molecule has 0 unspecified atom stereocenters. The molecule has 1 aliphatic carbocycles. The number of esters is 1. The van der Waals surface area contributed by atoms with Crippen molar-refractivity contribution < 1.29 is 14.3 Å². The van der Waals surface area contributed by atoms with Crippen molar-refractivity contribution >= 4 is 11.8 Å². The topological polar surface area (TPSA) is 43.4 Å². The molecule has 1 spiro atoms. The van der Waals surface area contributed by atoms with E-state index in [9.17, 15) is 9.59 Å². The van der Waals surface area contributed by atoms with E-state index in [0.29, 0.717) is 6.42 Å². The summed E-state index contributed by atoms with van der Waals surface area (Å²) in [5, 5.41) is 0. The Balaban J connectivity index is 2.11. The average molecular weight is 182 g/mol. The van der Waals surface area contributed by atoms with Crippen LogP contribution in [0.5, 0.6) is 0 Å². The summed E-state index contributed by atoms with van der Waals surface area (Å²) < 4.78 is 5.33. The summed E-state index contributed by atoms with van der Waals surface area (Å²) in [6.07, 6.45) is 5.57. The molecule has 1 aliphatic heterocycles. The standard InChI is InChI=1S/C10H14O3/c11-8-6-9(12)13-10(7-8)4-2-1-3-5-10/h1-7H2. The summed E-state index contributed by atoms with van der Waals surface area (Å²) in [5.74, 6) is -0.267. The van der Waals surface area contributed by atoms with Gasteiger partial charge in [0.1, 0.15) is 17.8 Å². The van der Waals surface area contributed by atoms with Crippen LogP contribution in [0.2, 0.25) is 0 Å². The number of ether oxygens (including phenoxy) is 1. The molecule has 1 saturated heterocycles.